The van der Waals surface area contributed by atoms with Crippen molar-refractivity contribution in [1.82, 2.24) is 4.98 Å². The van der Waals surface area contributed by atoms with Gasteiger partial charge >= 0.3 is 0 Å². The van der Waals surface area contributed by atoms with Crippen LogP contribution in [-0.2, 0) is 6.42 Å². The third-order valence-electron chi connectivity index (χ3n) is 2.55. The van der Waals surface area contributed by atoms with Crippen molar-refractivity contribution in [3.63, 3.8) is 0 Å². The van der Waals surface area contributed by atoms with Crippen LogP contribution in [0.2, 0.25) is 0 Å². The van der Waals surface area contributed by atoms with E-state index in [1.165, 1.54) is 16.5 Å². The van der Waals surface area contributed by atoms with E-state index in [4.69, 9.17) is 5.11 Å². The highest BCUT2D eigenvalue weighted by atomic mass is 16.3. The Hall–Kier alpha value is -1.28. The molecule has 0 aliphatic rings. The molecule has 1 aromatic carbocycles. The summed E-state index contributed by atoms with van der Waals surface area (Å²) >= 11 is 0. The molecule has 2 nitrogen and oxygen atoms in total. The van der Waals surface area contributed by atoms with E-state index in [2.05, 4.69) is 24.0 Å². The van der Waals surface area contributed by atoms with Gasteiger partial charge in [0.2, 0.25) is 0 Å². The van der Waals surface area contributed by atoms with Gasteiger partial charge in [0, 0.05) is 23.7 Å². The Balaban J connectivity index is 2.33. The van der Waals surface area contributed by atoms with E-state index >= 15 is 0 Å². The minimum Gasteiger partial charge on any atom is -0.396 e. The van der Waals surface area contributed by atoms with Crippen molar-refractivity contribution in [2.24, 2.45) is 5.92 Å². The van der Waals surface area contributed by atoms with Crippen LogP contribution >= 0.6 is 0 Å². The van der Waals surface area contributed by atoms with Crippen LogP contribution in [0, 0.1) is 5.92 Å². The smallest absolute Gasteiger partial charge is 0.0459 e. The van der Waals surface area contributed by atoms with E-state index in [9.17, 15) is 0 Å². The van der Waals surface area contributed by atoms with Gasteiger partial charge in [0.25, 0.3) is 0 Å². The molecule has 0 radical (unpaired) electrons. The van der Waals surface area contributed by atoms with Crippen molar-refractivity contribution in [1.29, 1.82) is 0 Å². The minimum atomic E-state index is 0.250. The van der Waals surface area contributed by atoms with Gasteiger partial charge in [-0.25, -0.2) is 0 Å². The summed E-state index contributed by atoms with van der Waals surface area (Å²) in [6.45, 7) is 2.31. The van der Waals surface area contributed by atoms with Crippen LogP contribution in [0.5, 0.6) is 0 Å². The highest BCUT2D eigenvalue weighted by Gasteiger charge is 2.06. The van der Waals surface area contributed by atoms with Crippen LogP contribution in [0.25, 0.3) is 10.9 Å². The zero-order valence-electron chi connectivity index (χ0n) is 8.33. The zero-order chi connectivity index (χ0) is 9.97. The number of benzene rings is 1. The second kappa shape index (κ2) is 3.84. The number of nitrogens with one attached hydrogen (secondary N) is 1. The van der Waals surface area contributed by atoms with E-state index in [0.29, 0.717) is 5.92 Å². The van der Waals surface area contributed by atoms with E-state index in [-0.39, 0.29) is 6.61 Å². The topological polar surface area (TPSA) is 36.0 Å². The molecule has 1 atom stereocenters. The first-order chi connectivity index (χ1) is 6.81. The molecular weight excluding hydrogens is 174 g/mol. The van der Waals surface area contributed by atoms with Gasteiger partial charge in [-0.2, -0.15) is 0 Å². The van der Waals surface area contributed by atoms with Gasteiger partial charge in [0.15, 0.2) is 0 Å². The lowest BCUT2D eigenvalue weighted by molar-refractivity contribution is 0.237. The second-order valence-electron chi connectivity index (χ2n) is 3.85. The monoisotopic (exact) mass is 189 g/mol. The highest BCUT2D eigenvalue weighted by molar-refractivity contribution is 5.83. The molecular formula is C12H15NO. The number of H-pyrrole nitrogens is 1. The number of aromatic nitrogens is 1. The van der Waals surface area contributed by atoms with Crippen LogP contribution in [0.4, 0.5) is 0 Å². The number of aromatic amines is 1. The molecule has 74 valence electrons. The summed E-state index contributed by atoms with van der Waals surface area (Å²) in [7, 11) is 0. The summed E-state index contributed by atoms with van der Waals surface area (Å²) in [6, 6.07) is 8.26. The summed E-state index contributed by atoms with van der Waals surface area (Å²) < 4.78 is 0. The molecule has 0 unspecified atom stereocenters. The summed E-state index contributed by atoms with van der Waals surface area (Å²) in [5.74, 6) is 0.328. The lowest BCUT2D eigenvalue weighted by Crippen LogP contribution is -2.03. The van der Waals surface area contributed by atoms with Gasteiger partial charge in [0.1, 0.15) is 0 Å². The molecule has 2 aromatic rings. The first-order valence-corrected chi connectivity index (χ1v) is 4.97. The first kappa shape index (κ1) is 9.28. The maximum Gasteiger partial charge on any atom is 0.0459 e. The molecule has 0 aliphatic heterocycles. The van der Waals surface area contributed by atoms with Gasteiger partial charge in [-0.1, -0.05) is 25.1 Å². The average Bonchev–Trinajstić information content (AvgIpc) is 2.62. The average molecular weight is 189 g/mol. The normalized spacial score (nSPS) is 13.3. The number of aliphatic hydroxyl groups excluding tert-OH is 1. The first-order valence-electron chi connectivity index (χ1n) is 4.97. The van der Waals surface area contributed by atoms with Crippen molar-refractivity contribution in [3.8, 4) is 0 Å². The molecule has 0 fully saturated rings. The zero-order valence-corrected chi connectivity index (χ0v) is 8.33. The summed E-state index contributed by atoms with van der Waals surface area (Å²) in [6.07, 6.45) is 2.97. The molecule has 1 heterocycles. The molecule has 0 saturated heterocycles. The van der Waals surface area contributed by atoms with Crippen LogP contribution in [-0.4, -0.2) is 16.7 Å². The Bertz CT molecular complexity index is 419. The fourth-order valence-electron chi connectivity index (χ4n) is 1.74. The number of fused-ring (bicyclic) bond motifs is 1. The molecule has 2 N–H and O–H groups in total. The largest absolute Gasteiger partial charge is 0.396 e. The SMILES string of the molecule is C[C@H](CO)Cc1c[nH]c2ccccc12. The standard InChI is InChI=1S/C12H15NO/c1-9(8-14)6-10-7-13-12-5-3-2-4-11(10)12/h2-5,7,9,13-14H,6,8H2,1H3/t9-/m0/s1. The Kier molecular flexibility index (Phi) is 2.55. The fourth-order valence-corrected chi connectivity index (χ4v) is 1.74. The van der Waals surface area contributed by atoms with Crippen molar-refractivity contribution in [2.45, 2.75) is 13.3 Å². The van der Waals surface area contributed by atoms with Gasteiger partial charge in [-0.05, 0) is 24.0 Å². The maximum atomic E-state index is 9.00. The van der Waals surface area contributed by atoms with Crippen LogP contribution in [0.15, 0.2) is 30.5 Å². The van der Waals surface area contributed by atoms with E-state index in [1.807, 2.05) is 18.3 Å². The number of hydrogen-bond acceptors (Lipinski definition) is 1. The predicted molar refractivity (Wildman–Crippen MR) is 58.3 cm³/mol. The molecule has 0 amide bonds. The van der Waals surface area contributed by atoms with Crippen molar-refractivity contribution in [2.75, 3.05) is 6.61 Å². The second-order valence-corrected chi connectivity index (χ2v) is 3.85. The third kappa shape index (κ3) is 1.66. The van der Waals surface area contributed by atoms with Crippen LogP contribution in [0.1, 0.15) is 12.5 Å². The van der Waals surface area contributed by atoms with E-state index in [1.54, 1.807) is 0 Å². The van der Waals surface area contributed by atoms with Gasteiger partial charge in [-0.3, -0.25) is 0 Å². The Morgan fingerprint density at radius 1 is 1.36 bits per heavy atom. The number of para-hydroxylation sites is 1. The molecule has 0 aliphatic carbocycles. The lowest BCUT2D eigenvalue weighted by Gasteiger charge is -2.05. The predicted octanol–water partition coefficient (Wildman–Crippen LogP) is 2.34. The highest BCUT2D eigenvalue weighted by Crippen LogP contribution is 2.20. The molecule has 2 rings (SSSR count). The molecule has 14 heavy (non-hydrogen) atoms. The van der Waals surface area contributed by atoms with Crippen molar-refractivity contribution >= 4 is 10.9 Å². The summed E-state index contributed by atoms with van der Waals surface area (Å²) in [5, 5.41) is 10.3. The molecule has 0 saturated carbocycles. The Labute approximate surface area is 83.6 Å². The fraction of sp³-hybridized carbons (Fsp3) is 0.333. The third-order valence-corrected chi connectivity index (χ3v) is 2.55. The van der Waals surface area contributed by atoms with Crippen LogP contribution in [0.3, 0.4) is 0 Å². The minimum absolute atomic E-state index is 0.250. The van der Waals surface area contributed by atoms with Crippen molar-refractivity contribution in [3.05, 3.63) is 36.0 Å². The summed E-state index contributed by atoms with van der Waals surface area (Å²) in [5.41, 5.74) is 2.47. The molecule has 0 spiro atoms. The number of hydrogen-bond donors (Lipinski definition) is 2. The summed E-state index contributed by atoms with van der Waals surface area (Å²) in [4.78, 5) is 3.24. The van der Waals surface area contributed by atoms with Gasteiger partial charge in [0.05, 0.1) is 0 Å². The Morgan fingerprint density at radius 2 is 2.14 bits per heavy atom. The van der Waals surface area contributed by atoms with Crippen LogP contribution < -0.4 is 0 Å². The van der Waals surface area contributed by atoms with E-state index < -0.39 is 0 Å². The lowest BCUT2D eigenvalue weighted by atomic mass is 10.0. The molecule has 1 aromatic heterocycles. The maximum absolute atomic E-state index is 9.00. The molecule has 0 bridgehead atoms. The van der Waals surface area contributed by atoms with Gasteiger partial charge in [-0.15, -0.1) is 0 Å². The number of aliphatic hydroxyl groups is 1. The molecule has 2 heteroatoms. The number of rotatable bonds is 3. The van der Waals surface area contributed by atoms with Gasteiger partial charge < -0.3 is 10.1 Å². The quantitative estimate of drug-likeness (QED) is 0.763. The Morgan fingerprint density at radius 3 is 2.93 bits per heavy atom. The van der Waals surface area contributed by atoms with E-state index in [0.717, 1.165) is 6.42 Å². The van der Waals surface area contributed by atoms with Crippen molar-refractivity contribution < 1.29 is 5.11 Å².